The zero-order valence-corrected chi connectivity index (χ0v) is 11.5. The molecule has 5 nitrogen and oxygen atoms in total. The average molecular weight is 282 g/mol. The van der Waals surface area contributed by atoms with Crippen LogP contribution < -0.4 is 4.74 Å². The van der Waals surface area contributed by atoms with E-state index in [1.165, 1.54) is 0 Å². The summed E-state index contributed by atoms with van der Waals surface area (Å²) in [7, 11) is 1.82. The summed E-state index contributed by atoms with van der Waals surface area (Å²) in [6.07, 6.45) is 3.53. The summed E-state index contributed by atoms with van der Waals surface area (Å²) in [6.45, 7) is 0.284. The van der Waals surface area contributed by atoms with E-state index in [9.17, 15) is 9.90 Å². The topological polar surface area (TPSA) is 64.3 Å². The first kappa shape index (κ1) is 13.2. The molecule has 0 fully saturated rings. The lowest BCUT2D eigenvalue weighted by atomic mass is 10.1. The van der Waals surface area contributed by atoms with Crippen molar-refractivity contribution in [1.82, 2.24) is 9.78 Å². The lowest BCUT2D eigenvalue weighted by molar-refractivity contribution is 0.0692. The molecule has 5 heteroatoms. The van der Waals surface area contributed by atoms with E-state index in [1.807, 2.05) is 37.5 Å². The minimum absolute atomic E-state index is 0.164. The van der Waals surface area contributed by atoms with Crippen LogP contribution in [0.2, 0.25) is 0 Å². The summed E-state index contributed by atoms with van der Waals surface area (Å²) in [5.41, 5.74) is 1.06. The van der Waals surface area contributed by atoms with Gasteiger partial charge >= 0.3 is 5.97 Å². The smallest absolute Gasteiger partial charge is 0.339 e. The van der Waals surface area contributed by atoms with Crippen molar-refractivity contribution in [2.24, 2.45) is 7.05 Å². The van der Waals surface area contributed by atoms with Crippen LogP contribution in [0.3, 0.4) is 0 Å². The SMILES string of the molecule is Cn1cc(COc2cc3ccccc3cc2C(=O)O)cn1. The van der Waals surface area contributed by atoms with Gasteiger partial charge in [0.1, 0.15) is 17.9 Å². The normalized spacial score (nSPS) is 10.7. The molecule has 0 amide bonds. The molecular weight excluding hydrogens is 268 g/mol. The second-order valence-electron chi connectivity index (χ2n) is 4.81. The van der Waals surface area contributed by atoms with E-state index < -0.39 is 5.97 Å². The summed E-state index contributed by atoms with van der Waals surface area (Å²) >= 11 is 0. The van der Waals surface area contributed by atoms with E-state index >= 15 is 0 Å². The van der Waals surface area contributed by atoms with Crippen molar-refractivity contribution in [2.75, 3.05) is 0 Å². The lowest BCUT2D eigenvalue weighted by Crippen LogP contribution is -2.03. The van der Waals surface area contributed by atoms with E-state index in [-0.39, 0.29) is 12.2 Å². The largest absolute Gasteiger partial charge is 0.488 e. The minimum atomic E-state index is -0.998. The van der Waals surface area contributed by atoms with Gasteiger partial charge in [-0.2, -0.15) is 5.10 Å². The predicted molar refractivity (Wildman–Crippen MR) is 78.4 cm³/mol. The number of carbonyl (C=O) groups is 1. The predicted octanol–water partition coefficient (Wildman–Crippen LogP) is 2.85. The third-order valence-corrected chi connectivity index (χ3v) is 3.23. The summed E-state index contributed by atoms with van der Waals surface area (Å²) in [4.78, 5) is 11.4. The molecule has 21 heavy (non-hydrogen) atoms. The standard InChI is InChI=1S/C16H14N2O3/c1-18-9-11(8-17-18)10-21-15-7-13-5-3-2-4-12(13)6-14(15)16(19)20/h2-9H,10H2,1H3,(H,19,20). The van der Waals surface area contributed by atoms with Gasteiger partial charge in [0.15, 0.2) is 0 Å². The van der Waals surface area contributed by atoms with Crippen molar-refractivity contribution in [1.29, 1.82) is 0 Å². The maximum absolute atomic E-state index is 11.4. The van der Waals surface area contributed by atoms with E-state index in [4.69, 9.17) is 4.74 Å². The third kappa shape index (κ3) is 2.72. The van der Waals surface area contributed by atoms with E-state index in [1.54, 1.807) is 23.0 Å². The number of carboxylic acid groups (broad SMARTS) is 1. The van der Waals surface area contributed by atoms with Gasteiger partial charge in [0.25, 0.3) is 0 Å². The molecule has 2 aromatic carbocycles. The number of ether oxygens (including phenoxy) is 1. The number of rotatable bonds is 4. The highest BCUT2D eigenvalue weighted by Crippen LogP contribution is 2.26. The fourth-order valence-corrected chi connectivity index (χ4v) is 2.21. The first-order valence-electron chi connectivity index (χ1n) is 6.50. The molecule has 3 aromatic rings. The molecule has 0 saturated heterocycles. The fraction of sp³-hybridized carbons (Fsp3) is 0.125. The molecule has 3 rings (SSSR count). The Hall–Kier alpha value is -2.82. The van der Waals surface area contributed by atoms with Crippen LogP contribution in [-0.4, -0.2) is 20.9 Å². The number of benzene rings is 2. The Kier molecular flexibility index (Phi) is 3.31. The van der Waals surface area contributed by atoms with Gasteiger partial charge in [-0.15, -0.1) is 0 Å². The van der Waals surface area contributed by atoms with Crippen molar-refractivity contribution < 1.29 is 14.6 Å². The molecule has 0 bridgehead atoms. The Morgan fingerprint density at radius 2 is 2.00 bits per heavy atom. The first-order valence-corrected chi connectivity index (χ1v) is 6.50. The number of hydrogen-bond acceptors (Lipinski definition) is 3. The molecule has 0 aliphatic heterocycles. The van der Waals surface area contributed by atoms with Crippen LogP contribution >= 0.6 is 0 Å². The van der Waals surface area contributed by atoms with Crippen LogP contribution in [0.5, 0.6) is 5.75 Å². The Morgan fingerprint density at radius 3 is 2.62 bits per heavy atom. The van der Waals surface area contributed by atoms with Crippen LogP contribution in [0.25, 0.3) is 10.8 Å². The molecule has 1 heterocycles. The number of carboxylic acids is 1. The van der Waals surface area contributed by atoms with Crippen LogP contribution in [0.4, 0.5) is 0 Å². The van der Waals surface area contributed by atoms with Crippen LogP contribution in [0, 0.1) is 0 Å². The Bertz CT molecular complexity index is 808. The fourth-order valence-electron chi connectivity index (χ4n) is 2.21. The molecule has 0 aliphatic carbocycles. The molecule has 0 atom stereocenters. The van der Waals surface area contributed by atoms with E-state index in [2.05, 4.69) is 5.10 Å². The van der Waals surface area contributed by atoms with Crippen molar-refractivity contribution in [3.8, 4) is 5.75 Å². The van der Waals surface area contributed by atoms with Crippen LogP contribution in [0.15, 0.2) is 48.8 Å². The lowest BCUT2D eigenvalue weighted by Gasteiger charge is -2.10. The van der Waals surface area contributed by atoms with Crippen molar-refractivity contribution in [3.05, 3.63) is 59.9 Å². The molecule has 0 aliphatic rings. The number of aryl methyl sites for hydroxylation is 1. The number of fused-ring (bicyclic) bond motifs is 1. The van der Waals surface area contributed by atoms with Crippen molar-refractivity contribution in [3.63, 3.8) is 0 Å². The zero-order valence-electron chi connectivity index (χ0n) is 11.5. The summed E-state index contributed by atoms with van der Waals surface area (Å²) in [6, 6.07) is 11.0. The van der Waals surface area contributed by atoms with Gasteiger partial charge in [0.05, 0.1) is 6.20 Å². The second kappa shape index (κ2) is 5.28. The van der Waals surface area contributed by atoms with Gasteiger partial charge < -0.3 is 9.84 Å². The Labute approximate surface area is 121 Å². The van der Waals surface area contributed by atoms with Gasteiger partial charge in [0.2, 0.25) is 0 Å². The molecule has 106 valence electrons. The second-order valence-corrected chi connectivity index (χ2v) is 4.81. The molecule has 1 N–H and O–H groups in total. The van der Waals surface area contributed by atoms with Crippen molar-refractivity contribution >= 4 is 16.7 Å². The molecule has 0 spiro atoms. The van der Waals surface area contributed by atoms with Crippen molar-refractivity contribution in [2.45, 2.75) is 6.61 Å². The van der Waals surface area contributed by atoms with Gasteiger partial charge in [0, 0.05) is 18.8 Å². The van der Waals surface area contributed by atoms with Crippen LogP contribution in [-0.2, 0) is 13.7 Å². The molecule has 0 radical (unpaired) electrons. The highest BCUT2D eigenvalue weighted by molar-refractivity contribution is 5.97. The molecular formula is C16H14N2O3. The van der Waals surface area contributed by atoms with Gasteiger partial charge in [-0.05, 0) is 22.9 Å². The minimum Gasteiger partial charge on any atom is -0.488 e. The number of nitrogens with zero attached hydrogens (tertiary/aromatic N) is 2. The van der Waals surface area contributed by atoms with E-state index in [0.29, 0.717) is 5.75 Å². The quantitative estimate of drug-likeness (QED) is 0.799. The summed E-state index contributed by atoms with van der Waals surface area (Å²) in [5, 5.41) is 15.2. The number of aromatic carboxylic acids is 1. The first-order chi connectivity index (χ1) is 10.1. The number of hydrogen-bond donors (Lipinski definition) is 1. The molecule has 0 unspecified atom stereocenters. The van der Waals surface area contributed by atoms with Gasteiger partial charge in [-0.1, -0.05) is 24.3 Å². The Balaban J connectivity index is 1.95. The van der Waals surface area contributed by atoms with Gasteiger partial charge in [-0.25, -0.2) is 4.79 Å². The molecule has 1 aromatic heterocycles. The highest BCUT2D eigenvalue weighted by Gasteiger charge is 2.13. The number of aromatic nitrogens is 2. The summed E-state index contributed by atoms with van der Waals surface area (Å²) in [5.74, 6) is -0.632. The monoisotopic (exact) mass is 282 g/mol. The van der Waals surface area contributed by atoms with Crippen LogP contribution in [0.1, 0.15) is 15.9 Å². The Morgan fingerprint density at radius 1 is 1.29 bits per heavy atom. The summed E-state index contributed by atoms with van der Waals surface area (Å²) < 4.78 is 7.35. The van der Waals surface area contributed by atoms with Gasteiger partial charge in [-0.3, -0.25) is 4.68 Å². The highest BCUT2D eigenvalue weighted by atomic mass is 16.5. The van der Waals surface area contributed by atoms with E-state index in [0.717, 1.165) is 16.3 Å². The maximum Gasteiger partial charge on any atom is 0.339 e. The molecule has 0 saturated carbocycles. The maximum atomic E-state index is 11.4. The zero-order chi connectivity index (χ0) is 14.8. The third-order valence-electron chi connectivity index (χ3n) is 3.23. The average Bonchev–Trinajstić information content (AvgIpc) is 2.89.